The van der Waals surface area contributed by atoms with Gasteiger partial charge in [0.15, 0.2) is 16.7 Å². The van der Waals surface area contributed by atoms with Gasteiger partial charge in [0.05, 0.1) is 45.1 Å². The second-order valence-electron chi connectivity index (χ2n) is 8.57. The van der Waals surface area contributed by atoms with E-state index >= 15 is 0 Å². The van der Waals surface area contributed by atoms with Crippen molar-refractivity contribution in [2.24, 2.45) is 4.99 Å². The number of hydrogen-bond acceptors (Lipinski definition) is 9. The number of likely N-dealkylation sites (tertiary alicyclic amines) is 1. The van der Waals surface area contributed by atoms with Crippen LogP contribution in [0.4, 0.5) is 0 Å². The summed E-state index contributed by atoms with van der Waals surface area (Å²) in [5, 5.41) is 5.68. The summed E-state index contributed by atoms with van der Waals surface area (Å²) in [5.41, 5.74) is 2.59. The fourth-order valence-electron chi connectivity index (χ4n) is 4.67. The number of thioether (sulfide) groups is 1. The first kappa shape index (κ1) is 25.1. The lowest BCUT2D eigenvalue weighted by molar-refractivity contribution is -0.136. The Kier molecular flexibility index (Phi) is 8.02. The van der Waals surface area contributed by atoms with Crippen LogP contribution in [-0.4, -0.2) is 74.4 Å². The highest BCUT2D eigenvalue weighted by atomic mass is 32.2. The van der Waals surface area contributed by atoms with E-state index in [4.69, 9.17) is 14.2 Å². The number of fused-ring (bicyclic) bond motifs is 1. The van der Waals surface area contributed by atoms with Crippen LogP contribution in [-0.2, 0) is 14.3 Å². The number of carbonyl (C=O) groups excluding carboxylic acids is 2. The first-order valence-electron chi connectivity index (χ1n) is 11.7. The normalized spacial score (nSPS) is 19.8. The number of allylic oxidation sites excluding steroid dienone is 1. The van der Waals surface area contributed by atoms with Crippen LogP contribution in [0.15, 0.2) is 45.6 Å². The standard InChI is InChI=1S/C25H32N4O5S/c1-16-22(24(31)34-4)23(17-7-8-19(32-2)20(13-17)33-3)29-18(15-35-25(29)27-16)14-21(30)26-9-12-28-10-5-6-11-28/h7-8,13,15,23H,5-6,9-12,14H2,1-4H3,(H,26,30). The van der Waals surface area contributed by atoms with Crippen LogP contribution in [0.2, 0.25) is 0 Å². The number of ether oxygens (including phenoxy) is 3. The van der Waals surface area contributed by atoms with Gasteiger partial charge in [0, 0.05) is 18.8 Å². The van der Waals surface area contributed by atoms with Crippen molar-refractivity contribution in [2.45, 2.75) is 32.2 Å². The van der Waals surface area contributed by atoms with Gasteiger partial charge in [-0.15, -0.1) is 0 Å². The van der Waals surface area contributed by atoms with Crippen molar-refractivity contribution >= 4 is 28.8 Å². The maximum atomic E-state index is 12.9. The van der Waals surface area contributed by atoms with Crippen LogP contribution in [0, 0.1) is 0 Å². The van der Waals surface area contributed by atoms with Crippen molar-refractivity contribution in [3.63, 3.8) is 0 Å². The number of rotatable bonds is 9. The Balaban J connectivity index is 1.59. The highest BCUT2D eigenvalue weighted by molar-refractivity contribution is 8.16. The second-order valence-corrected chi connectivity index (χ2v) is 9.41. The van der Waals surface area contributed by atoms with Gasteiger partial charge in [-0.1, -0.05) is 17.8 Å². The number of methoxy groups -OCH3 is 3. The van der Waals surface area contributed by atoms with Gasteiger partial charge in [-0.2, -0.15) is 0 Å². The molecule has 3 heterocycles. The number of hydrogen-bond donors (Lipinski definition) is 1. The zero-order chi connectivity index (χ0) is 24.9. The number of nitrogens with zero attached hydrogens (tertiary/aromatic N) is 3. The highest BCUT2D eigenvalue weighted by Gasteiger charge is 2.41. The number of carbonyl (C=O) groups is 2. The van der Waals surface area contributed by atoms with Gasteiger partial charge in [-0.05, 0) is 56.0 Å². The molecule has 1 atom stereocenters. The summed E-state index contributed by atoms with van der Waals surface area (Å²) < 4.78 is 16.0. The van der Waals surface area contributed by atoms with E-state index in [1.807, 2.05) is 28.5 Å². The topological polar surface area (TPSA) is 92.7 Å². The van der Waals surface area contributed by atoms with Crippen molar-refractivity contribution in [1.29, 1.82) is 0 Å². The molecule has 1 unspecified atom stereocenters. The van der Waals surface area contributed by atoms with Crippen molar-refractivity contribution in [3.05, 3.63) is 46.1 Å². The molecular weight excluding hydrogens is 468 g/mol. The molecule has 35 heavy (non-hydrogen) atoms. The Bertz CT molecular complexity index is 1080. The molecule has 1 aromatic rings. The van der Waals surface area contributed by atoms with Crippen molar-refractivity contribution in [2.75, 3.05) is 47.5 Å². The number of nitrogens with one attached hydrogen (secondary N) is 1. The molecule has 10 heteroatoms. The van der Waals surface area contributed by atoms with Crippen LogP contribution < -0.4 is 14.8 Å². The van der Waals surface area contributed by atoms with E-state index in [-0.39, 0.29) is 12.3 Å². The second kappa shape index (κ2) is 11.2. The van der Waals surface area contributed by atoms with Gasteiger partial charge in [0.25, 0.3) is 0 Å². The maximum Gasteiger partial charge on any atom is 0.338 e. The van der Waals surface area contributed by atoms with E-state index in [9.17, 15) is 9.59 Å². The Hall–Kier alpha value is -2.98. The molecule has 0 aliphatic carbocycles. The summed E-state index contributed by atoms with van der Waals surface area (Å²) in [7, 11) is 4.51. The molecule has 3 aliphatic heterocycles. The number of benzene rings is 1. The molecule has 1 amide bonds. The fraction of sp³-hybridized carbons (Fsp3) is 0.480. The Morgan fingerprint density at radius 1 is 1.14 bits per heavy atom. The summed E-state index contributed by atoms with van der Waals surface area (Å²) in [6, 6.07) is 5.02. The van der Waals surface area contributed by atoms with E-state index in [0.717, 1.165) is 36.1 Å². The van der Waals surface area contributed by atoms with E-state index < -0.39 is 12.0 Å². The number of amides is 1. The SMILES string of the molecule is COC(=O)C1=C(C)N=C2SC=C(CC(=O)NCCN3CCCC3)N2C1c1ccc(OC)c(OC)c1. The van der Waals surface area contributed by atoms with Gasteiger partial charge in [0.2, 0.25) is 5.91 Å². The molecule has 1 aromatic carbocycles. The van der Waals surface area contributed by atoms with E-state index in [0.29, 0.717) is 29.3 Å². The summed E-state index contributed by atoms with van der Waals surface area (Å²) >= 11 is 1.45. The van der Waals surface area contributed by atoms with Crippen molar-refractivity contribution in [1.82, 2.24) is 15.1 Å². The fourth-order valence-corrected chi connectivity index (χ4v) is 5.63. The van der Waals surface area contributed by atoms with Crippen LogP contribution in [0.25, 0.3) is 0 Å². The summed E-state index contributed by atoms with van der Waals surface area (Å²) in [4.78, 5) is 34.7. The Morgan fingerprint density at radius 3 is 2.57 bits per heavy atom. The van der Waals surface area contributed by atoms with Crippen LogP contribution >= 0.6 is 11.8 Å². The zero-order valence-corrected chi connectivity index (χ0v) is 21.4. The summed E-state index contributed by atoms with van der Waals surface area (Å²) in [6.45, 7) is 5.47. The molecule has 0 saturated carbocycles. The van der Waals surface area contributed by atoms with Crippen LogP contribution in [0.3, 0.4) is 0 Å². The molecule has 0 aromatic heterocycles. The predicted molar refractivity (Wildman–Crippen MR) is 135 cm³/mol. The van der Waals surface area contributed by atoms with E-state index in [1.54, 1.807) is 21.1 Å². The van der Waals surface area contributed by atoms with E-state index in [1.165, 1.54) is 31.7 Å². The van der Waals surface area contributed by atoms with E-state index in [2.05, 4.69) is 15.2 Å². The molecule has 1 N–H and O–H groups in total. The number of aliphatic imine (C=N–C) groups is 1. The van der Waals surface area contributed by atoms with Gasteiger partial charge in [-0.3, -0.25) is 4.79 Å². The van der Waals surface area contributed by atoms with Gasteiger partial charge in [0.1, 0.15) is 0 Å². The first-order chi connectivity index (χ1) is 17.0. The molecule has 0 bridgehead atoms. The molecule has 4 rings (SSSR count). The van der Waals surface area contributed by atoms with Crippen molar-refractivity contribution in [3.8, 4) is 11.5 Å². The molecular formula is C25H32N4O5S. The first-order valence-corrected chi connectivity index (χ1v) is 12.6. The predicted octanol–water partition coefficient (Wildman–Crippen LogP) is 3.05. The van der Waals surface area contributed by atoms with Gasteiger partial charge < -0.3 is 29.3 Å². The lowest BCUT2D eigenvalue weighted by Crippen LogP contribution is -2.38. The molecule has 188 valence electrons. The van der Waals surface area contributed by atoms with Crippen molar-refractivity contribution < 1.29 is 23.8 Å². The zero-order valence-electron chi connectivity index (χ0n) is 20.6. The lowest BCUT2D eigenvalue weighted by atomic mass is 9.93. The highest BCUT2D eigenvalue weighted by Crippen LogP contribution is 2.46. The minimum atomic E-state index is -0.520. The number of esters is 1. The van der Waals surface area contributed by atoms with Gasteiger partial charge >= 0.3 is 5.97 Å². The Morgan fingerprint density at radius 2 is 1.89 bits per heavy atom. The summed E-state index contributed by atoms with van der Waals surface area (Å²) in [6.07, 6.45) is 2.63. The molecule has 3 aliphatic rings. The van der Waals surface area contributed by atoms with Crippen LogP contribution in [0.5, 0.6) is 11.5 Å². The number of amidine groups is 1. The molecule has 1 fully saturated rings. The third-order valence-corrected chi connectivity index (χ3v) is 7.31. The average molecular weight is 501 g/mol. The molecule has 1 saturated heterocycles. The molecule has 0 spiro atoms. The smallest absolute Gasteiger partial charge is 0.338 e. The molecule has 0 radical (unpaired) electrons. The summed E-state index contributed by atoms with van der Waals surface area (Å²) in [5.74, 6) is 0.615. The monoisotopic (exact) mass is 500 g/mol. The largest absolute Gasteiger partial charge is 0.493 e. The minimum absolute atomic E-state index is 0.0609. The van der Waals surface area contributed by atoms with Crippen LogP contribution in [0.1, 0.15) is 37.8 Å². The third-order valence-electron chi connectivity index (χ3n) is 6.42. The maximum absolute atomic E-state index is 12.9. The Labute approximate surface area is 210 Å². The lowest BCUT2D eigenvalue weighted by Gasteiger charge is -2.36. The quantitative estimate of drug-likeness (QED) is 0.518. The average Bonchev–Trinajstić information content (AvgIpc) is 3.52. The minimum Gasteiger partial charge on any atom is -0.493 e. The molecule has 9 nitrogen and oxygen atoms in total. The third kappa shape index (κ3) is 5.33. The van der Waals surface area contributed by atoms with Gasteiger partial charge in [-0.25, -0.2) is 9.79 Å².